The molecule has 198 valence electrons. The van der Waals surface area contributed by atoms with Gasteiger partial charge in [0.25, 0.3) is 5.91 Å². The second-order valence-corrected chi connectivity index (χ2v) is 10.2. The minimum Gasteiger partial charge on any atom is -0.321 e. The first-order valence-electron chi connectivity index (χ1n) is 12.8. The number of aliphatic imine (C=N–C) groups is 1. The van der Waals surface area contributed by atoms with Crippen LogP contribution >= 0.6 is 11.8 Å². The Balaban J connectivity index is 2.20. The Morgan fingerprint density at radius 2 is 2.03 bits per heavy atom. The molecule has 0 radical (unpaired) electrons. The number of carbonyl (C=O) groups excluding carboxylic acids is 1. The zero-order valence-corrected chi connectivity index (χ0v) is 23.4. The summed E-state index contributed by atoms with van der Waals surface area (Å²) in [7, 11) is 0. The van der Waals surface area contributed by atoms with E-state index in [0.717, 1.165) is 41.2 Å². The molecular formula is C29H40N6OS. The van der Waals surface area contributed by atoms with Gasteiger partial charge in [-0.2, -0.15) is 0 Å². The van der Waals surface area contributed by atoms with E-state index in [4.69, 9.17) is 15.8 Å². The lowest BCUT2D eigenvalue weighted by Crippen LogP contribution is -2.30. The van der Waals surface area contributed by atoms with Gasteiger partial charge in [0.1, 0.15) is 11.5 Å². The van der Waals surface area contributed by atoms with Gasteiger partial charge < -0.3 is 10.2 Å². The molecule has 1 amide bonds. The Hall–Kier alpha value is -3.26. The van der Waals surface area contributed by atoms with Crippen LogP contribution in [0.15, 0.2) is 65.6 Å². The molecule has 0 unspecified atom stereocenters. The quantitative estimate of drug-likeness (QED) is 0.151. The van der Waals surface area contributed by atoms with E-state index in [0.29, 0.717) is 29.6 Å². The second-order valence-electron chi connectivity index (χ2n) is 9.13. The van der Waals surface area contributed by atoms with Crippen LogP contribution < -0.4 is 5.32 Å². The topological polar surface area (TPSA) is 105 Å². The fraction of sp³-hybridized carbons (Fsp3) is 0.414. The Morgan fingerprint density at radius 1 is 1.30 bits per heavy atom. The molecule has 0 bridgehead atoms. The number of allylic oxidation sites excluding steroid dienone is 5. The normalized spacial score (nSPS) is 15.0. The third-order valence-corrected chi connectivity index (χ3v) is 6.98. The molecule has 0 aliphatic heterocycles. The third-order valence-electron chi connectivity index (χ3n) is 5.42. The molecule has 1 fully saturated rings. The number of amides is 1. The zero-order valence-electron chi connectivity index (χ0n) is 22.6. The van der Waals surface area contributed by atoms with Crippen LogP contribution in [0.3, 0.4) is 0 Å². The SMILES string of the molecule is C/C=C\C(=C/CC(=N)N(C=N)C1CC1)NC(=O)c1cc(C(/C=C\C)=C/N=C(\CC)SCC(C)C)ccn1. The van der Waals surface area contributed by atoms with E-state index in [-0.39, 0.29) is 11.9 Å². The predicted octanol–water partition coefficient (Wildman–Crippen LogP) is 6.82. The molecule has 0 atom stereocenters. The number of aromatic nitrogens is 1. The minimum atomic E-state index is -0.325. The van der Waals surface area contributed by atoms with Gasteiger partial charge in [0.2, 0.25) is 0 Å². The maximum Gasteiger partial charge on any atom is 0.274 e. The van der Waals surface area contributed by atoms with Crippen molar-refractivity contribution in [3.8, 4) is 0 Å². The number of rotatable bonds is 13. The molecule has 1 aromatic rings. The number of carbonyl (C=O) groups is 1. The van der Waals surface area contributed by atoms with Crippen LogP contribution in [0.4, 0.5) is 0 Å². The molecule has 2 rings (SSSR count). The summed E-state index contributed by atoms with van der Waals surface area (Å²) in [4.78, 5) is 23.8. The van der Waals surface area contributed by atoms with Crippen LogP contribution in [0.5, 0.6) is 0 Å². The van der Waals surface area contributed by atoms with Crippen molar-refractivity contribution in [1.29, 1.82) is 10.8 Å². The molecule has 0 spiro atoms. The number of nitrogens with zero attached hydrogens (tertiary/aromatic N) is 3. The number of pyridine rings is 1. The number of thioether (sulfide) groups is 1. The molecule has 1 aliphatic carbocycles. The molecule has 1 aliphatic rings. The summed E-state index contributed by atoms with van der Waals surface area (Å²) < 4.78 is 0. The van der Waals surface area contributed by atoms with Crippen molar-refractivity contribution in [3.63, 3.8) is 0 Å². The first kappa shape index (κ1) is 30.0. The molecule has 0 aromatic carbocycles. The summed E-state index contributed by atoms with van der Waals surface area (Å²) in [5.74, 6) is 1.64. The standard InChI is InChI=1S/C29H40N6OS/c1-6-9-23(18-33-28(8-3)37-19-21(4)5)22-15-16-32-26(17-22)29(36)34-24(10-7-2)11-14-27(31)35(20-30)25-12-13-25/h6-7,9-11,15-18,20-21,25,30-31H,8,12-14,19H2,1-5H3,(H,34,36)/b9-6-,10-7-,23-18+,24-11+,30-20?,31-27?,33-28+. The Labute approximate surface area is 226 Å². The van der Waals surface area contributed by atoms with Crippen LogP contribution in [0.1, 0.15) is 76.4 Å². The lowest BCUT2D eigenvalue weighted by molar-refractivity contribution is 0.0962. The third kappa shape index (κ3) is 10.3. The summed E-state index contributed by atoms with van der Waals surface area (Å²) in [5.41, 5.74) is 2.65. The second kappa shape index (κ2) is 15.8. The summed E-state index contributed by atoms with van der Waals surface area (Å²) >= 11 is 1.78. The van der Waals surface area contributed by atoms with Crippen LogP contribution in [-0.2, 0) is 0 Å². The van der Waals surface area contributed by atoms with Crippen molar-refractivity contribution in [2.24, 2.45) is 10.9 Å². The van der Waals surface area contributed by atoms with Crippen LogP contribution in [0, 0.1) is 16.7 Å². The molecule has 37 heavy (non-hydrogen) atoms. The molecule has 0 saturated heterocycles. The highest BCUT2D eigenvalue weighted by Crippen LogP contribution is 2.26. The predicted molar refractivity (Wildman–Crippen MR) is 158 cm³/mol. The lowest BCUT2D eigenvalue weighted by Gasteiger charge is -2.18. The van der Waals surface area contributed by atoms with Gasteiger partial charge in [-0.15, -0.1) is 11.8 Å². The summed E-state index contributed by atoms with van der Waals surface area (Å²) in [6.07, 6.45) is 17.3. The van der Waals surface area contributed by atoms with Crippen molar-refractivity contribution in [2.45, 2.75) is 66.3 Å². The van der Waals surface area contributed by atoms with Gasteiger partial charge in [0.05, 0.1) is 11.4 Å². The smallest absolute Gasteiger partial charge is 0.274 e. The average Bonchev–Trinajstić information content (AvgIpc) is 3.72. The molecule has 1 aromatic heterocycles. The van der Waals surface area contributed by atoms with E-state index in [1.807, 2.05) is 44.3 Å². The van der Waals surface area contributed by atoms with Crippen molar-refractivity contribution in [3.05, 3.63) is 71.9 Å². The number of amidine groups is 1. The number of nitrogens with one attached hydrogen (secondary N) is 3. The fourth-order valence-electron chi connectivity index (χ4n) is 3.37. The van der Waals surface area contributed by atoms with Gasteiger partial charge in [0, 0.05) is 36.3 Å². The fourth-order valence-corrected chi connectivity index (χ4v) is 4.22. The van der Waals surface area contributed by atoms with Gasteiger partial charge in [0.15, 0.2) is 0 Å². The summed E-state index contributed by atoms with van der Waals surface area (Å²) in [5, 5.41) is 19.8. The maximum absolute atomic E-state index is 13.1. The Morgan fingerprint density at radius 3 is 2.62 bits per heavy atom. The Bertz CT molecular complexity index is 1100. The van der Waals surface area contributed by atoms with Gasteiger partial charge in [-0.3, -0.25) is 25.6 Å². The molecule has 7 nitrogen and oxygen atoms in total. The monoisotopic (exact) mass is 520 g/mol. The molecule has 3 N–H and O–H groups in total. The van der Waals surface area contributed by atoms with Crippen LogP contribution in [0.2, 0.25) is 0 Å². The maximum atomic E-state index is 13.1. The number of hydrogen-bond donors (Lipinski definition) is 3. The summed E-state index contributed by atoms with van der Waals surface area (Å²) in [6, 6.07) is 3.90. The van der Waals surface area contributed by atoms with Crippen LogP contribution in [-0.4, -0.2) is 44.8 Å². The zero-order chi connectivity index (χ0) is 27.2. The van der Waals surface area contributed by atoms with E-state index < -0.39 is 0 Å². The van der Waals surface area contributed by atoms with Gasteiger partial charge in [-0.05, 0) is 68.4 Å². The Kier molecular flexibility index (Phi) is 12.8. The van der Waals surface area contributed by atoms with E-state index in [1.165, 1.54) is 6.34 Å². The molecular weight excluding hydrogens is 480 g/mol. The highest BCUT2D eigenvalue weighted by Gasteiger charge is 2.29. The van der Waals surface area contributed by atoms with Crippen molar-refractivity contribution in [1.82, 2.24) is 15.2 Å². The lowest BCUT2D eigenvalue weighted by atomic mass is 10.1. The van der Waals surface area contributed by atoms with Gasteiger partial charge in [-0.25, -0.2) is 0 Å². The molecule has 8 heteroatoms. The number of hydrogen-bond acceptors (Lipinski definition) is 6. The van der Waals surface area contributed by atoms with E-state index in [2.05, 4.69) is 31.1 Å². The summed E-state index contributed by atoms with van der Waals surface area (Å²) in [6.45, 7) is 10.3. The minimum absolute atomic E-state index is 0.260. The van der Waals surface area contributed by atoms with Gasteiger partial charge in [-0.1, -0.05) is 45.1 Å². The first-order valence-corrected chi connectivity index (χ1v) is 13.8. The highest BCUT2D eigenvalue weighted by atomic mass is 32.2. The van der Waals surface area contributed by atoms with Crippen molar-refractivity contribution < 1.29 is 4.79 Å². The van der Waals surface area contributed by atoms with E-state index in [9.17, 15) is 4.79 Å². The van der Waals surface area contributed by atoms with Gasteiger partial charge >= 0.3 is 0 Å². The average molecular weight is 521 g/mol. The van der Waals surface area contributed by atoms with E-state index in [1.54, 1.807) is 41.1 Å². The largest absolute Gasteiger partial charge is 0.321 e. The van der Waals surface area contributed by atoms with Crippen molar-refractivity contribution >= 4 is 40.5 Å². The highest BCUT2D eigenvalue weighted by molar-refractivity contribution is 8.13. The first-order chi connectivity index (χ1) is 17.8. The van der Waals surface area contributed by atoms with E-state index >= 15 is 0 Å². The van der Waals surface area contributed by atoms with Crippen LogP contribution in [0.25, 0.3) is 5.57 Å². The van der Waals surface area contributed by atoms with Crippen molar-refractivity contribution in [2.75, 3.05) is 5.75 Å². The molecule has 1 saturated carbocycles. The molecule has 1 heterocycles.